The molecule has 1 saturated heterocycles. The number of hydrogen-bond donors (Lipinski definition) is 2. The molecule has 1 amide bonds. The number of carbonyl (C=O) groups is 1. The van der Waals surface area contributed by atoms with Crippen molar-refractivity contribution in [3.8, 4) is 0 Å². The number of rotatable bonds is 2. The van der Waals surface area contributed by atoms with Crippen LogP contribution >= 0.6 is 0 Å². The second-order valence-electron chi connectivity index (χ2n) is 3.26. The van der Waals surface area contributed by atoms with Gasteiger partial charge in [0.25, 0.3) is 0 Å². The highest BCUT2D eigenvalue weighted by Crippen LogP contribution is 2.15. The van der Waals surface area contributed by atoms with E-state index in [4.69, 9.17) is 11.5 Å². The standard InChI is InChI=1S/C8H17N3O/c9-5-7-1-3-11(4-2-7)8(12)6-10/h7H,1-6,9-10H2. The maximum atomic E-state index is 11.1. The monoisotopic (exact) mass is 171 g/mol. The van der Waals surface area contributed by atoms with E-state index in [0.717, 1.165) is 32.5 Å². The van der Waals surface area contributed by atoms with Crippen LogP contribution in [-0.2, 0) is 4.79 Å². The van der Waals surface area contributed by atoms with E-state index < -0.39 is 0 Å². The number of hydrogen-bond acceptors (Lipinski definition) is 3. The Balaban J connectivity index is 2.30. The van der Waals surface area contributed by atoms with E-state index in [0.29, 0.717) is 5.92 Å². The Labute approximate surface area is 72.9 Å². The van der Waals surface area contributed by atoms with Gasteiger partial charge in [0, 0.05) is 13.1 Å². The largest absolute Gasteiger partial charge is 0.342 e. The molecule has 0 unspecified atom stereocenters. The van der Waals surface area contributed by atoms with E-state index in [1.165, 1.54) is 0 Å². The fraction of sp³-hybridized carbons (Fsp3) is 0.875. The molecule has 0 spiro atoms. The van der Waals surface area contributed by atoms with Crippen molar-refractivity contribution >= 4 is 5.91 Å². The van der Waals surface area contributed by atoms with Crippen molar-refractivity contribution in [2.24, 2.45) is 17.4 Å². The van der Waals surface area contributed by atoms with Crippen LogP contribution in [0.5, 0.6) is 0 Å². The summed E-state index contributed by atoms with van der Waals surface area (Å²) in [5.74, 6) is 0.664. The molecule has 4 N–H and O–H groups in total. The molecule has 0 aromatic rings. The van der Waals surface area contributed by atoms with Crippen LogP contribution < -0.4 is 11.5 Å². The maximum Gasteiger partial charge on any atom is 0.236 e. The molecule has 0 radical (unpaired) electrons. The Morgan fingerprint density at radius 2 is 1.92 bits per heavy atom. The summed E-state index contributed by atoms with van der Waals surface area (Å²) in [4.78, 5) is 13.0. The summed E-state index contributed by atoms with van der Waals surface area (Å²) in [5, 5.41) is 0. The topological polar surface area (TPSA) is 72.4 Å². The minimum absolute atomic E-state index is 0.0606. The first-order chi connectivity index (χ1) is 5.77. The Kier molecular flexibility index (Phi) is 3.49. The summed E-state index contributed by atoms with van der Waals surface area (Å²) >= 11 is 0. The number of nitrogens with zero attached hydrogens (tertiary/aromatic N) is 1. The maximum absolute atomic E-state index is 11.1. The van der Waals surface area contributed by atoms with Crippen LogP contribution in [0.15, 0.2) is 0 Å². The SMILES string of the molecule is NCC(=O)N1CCC(CN)CC1. The lowest BCUT2D eigenvalue weighted by atomic mass is 9.97. The third-order valence-electron chi connectivity index (χ3n) is 2.48. The number of amides is 1. The smallest absolute Gasteiger partial charge is 0.236 e. The molecule has 4 heteroatoms. The van der Waals surface area contributed by atoms with Gasteiger partial charge >= 0.3 is 0 Å². The van der Waals surface area contributed by atoms with E-state index in [1.807, 2.05) is 4.90 Å². The van der Waals surface area contributed by atoms with Gasteiger partial charge in [-0.1, -0.05) is 0 Å². The van der Waals surface area contributed by atoms with Crippen molar-refractivity contribution in [3.63, 3.8) is 0 Å². The van der Waals surface area contributed by atoms with Crippen molar-refractivity contribution in [3.05, 3.63) is 0 Å². The molecule has 70 valence electrons. The lowest BCUT2D eigenvalue weighted by molar-refractivity contribution is -0.130. The predicted molar refractivity (Wildman–Crippen MR) is 47.4 cm³/mol. The molecule has 1 aliphatic rings. The second-order valence-corrected chi connectivity index (χ2v) is 3.26. The van der Waals surface area contributed by atoms with E-state index in [2.05, 4.69) is 0 Å². The molecule has 0 saturated carbocycles. The fourth-order valence-electron chi connectivity index (χ4n) is 1.55. The van der Waals surface area contributed by atoms with Crippen LogP contribution in [0, 0.1) is 5.92 Å². The first-order valence-corrected chi connectivity index (χ1v) is 4.45. The molecule has 1 heterocycles. The number of likely N-dealkylation sites (tertiary alicyclic amines) is 1. The van der Waals surface area contributed by atoms with E-state index in [9.17, 15) is 4.79 Å². The van der Waals surface area contributed by atoms with Gasteiger partial charge < -0.3 is 16.4 Å². The van der Waals surface area contributed by atoms with Gasteiger partial charge in [-0.2, -0.15) is 0 Å². The lowest BCUT2D eigenvalue weighted by Gasteiger charge is -2.31. The first kappa shape index (κ1) is 9.48. The average molecular weight is 171 g/mol. The van der Waals surface area contributed by atoms with Crippen LogP contribution in [0.3, 0.4) is 0 Å². The predicted octanol–water partition coefficient (Wildman–Crippen LogP) is -0.858. The summed E-state index contributed by atoms with van der Waals surface area (Å²) in [6.07, 6.45) is 2.06. The molecule has 0 aromatic heterocycles. The Bertz CT molecular complexity index is 152. The zero-order valence-electron chi connectivity index (χ0n) is 7.33. The normalized spacial score (nSPS) is 19.7. The van der Waals surface area contributed by atoms with Gasteiger partial charge in [-0.15, -0.1) is 0 Å². The van der Waals surface area contributed by atoms with Crippen LogP contribution in [0.25, 0.3) is 0 Å². The highest BCUT2D eigenvalue weighted by molar-refractivity contribution is 5.78. The quantitative estimate of drug-likeness (QED) is 0.568. The van der Waals surface area contributed by atoms with Gasteiger partial charge in [0.05, 0.1) is 6.54 Å². The van der Waals surface area contributed by atoms with Gasteiger partial charge in [-0.25, -0.2) is 0 Å². The van der Waals surface area contributed by atoms with Crippen molar-refractivity contribution in [2.45, 2.75) is 12.8 Å². The summed E-state index contributed by atoms with van der Waals surface area (Å²) in [6, 6.07) is 0. The summed E-state index contributed by atoms with van der Waals surface area (Å²) in [7, 11) is 0. The second kappa shape index (κ2) is 4.42. The summed E-state index contributed by atoms with van der Waals surface area (Å²) in [5.41, 5.74) is 10.8. The number of nitrogens with two attached hydrogens (primary N) is 2. The zero-order chi connectivity index (χ0) is 8.97. The molecule has 0 aromatic carbocycles. The van der Waals surface area contributed by atoms with Crippen molar-refractivity contribution < 1.29 is 4.79 Å². The Morgan fingerprint density at radius 3 is 2.33 bits per heavy atom. The van der Waals surface area contributed by atoms with Gasteiger partial charge in [-0.3, -0.25) is 4.79 Å². The van der Waals surface area contributed by atoms with Gasteiger partial charge in [0.2, 0.25) is 5.91 Å². The zero-order valence-corrected chi connectivity index (χ0v) is 7.33. The van der Waals surface area contributed by atoms with E-state index >= 15 is 0 Å². The molecule has 12 heavy (non-hydrogen) atoms. The first-order valence-electron chi connectivity index (χ1n) is 4.45. The van der Waals surface area contributed by atoms with Crippen molar-refractivity contribution in [1.82, 2.24) is 4.90 Å². The molecule has 1 fully saturated rings. The summed E-state index contributed by atoms with van der Waals surface area (Å²) < 4.78 is 0. The fourth-order valence-corrected chi connectivity index (χ4v) is 1.55. The number of carbonyl (C=O) groups excluding carboxylic acids is 1. The molecular formula is C8H17N3O. The highest BCUT2D eigenvalue weighted by atomic mass is 16.2. The number of piperidine rings is 1. The molecule has 1 rings (SSSR count). The molecule has 0 bridgehead atoms. The lowest BCUT2D eigenvalue weighted by Crippen LogP contribution is -2.42. The molecule has 4 nitrogen and oxygen atoms in total. The van der Waals surface area contributed by atoms with Crippen LogP contribution in [0.1, 0.15) is 12.8 Å². The Hall–Kier alpha value is -0.610. The van der Waals surface area contributed by atoms with Crippen LogP contribution in [0.4, 0.5) is 0 Å². The third-order valence-corrected chi connectivity index (χ3v) is 2.48. The van der Waals surface area contributed by atoms with Crippen LogP contribution in [-0.4, -0.2) is 37.0 Å². The minimum Gasteiger partial charge on any atom is -0.342 e. The van der Waals surface area contributed by atoms with Gasteiger partial charge in [-0.05, 0) is 25.3 Å². The highest BCUT2D eigenvalue weighted by Gasteiger charge is 2.20. The molecular weight excluding hydrogens is 154 g/mol. The summed E-state index contributed by atoms with van der Waals surface area (Å²) in [6.45, 7) is 2.54. The van der Waals surface area contributed by atoms with E-state index in [-0.39, 0.29) is 12.5 Å². The third kappa shape index (κ3) is 2.19. The van der Waals surface area contributed by atoms with Crippen LogP contribution in [0.2, 0.25) is 0 Å². The van der Waals surface area contributed by atoms with E-state index in [1.54, 1.807) is 0 Å². The molecule has 0 atom stereocenters. The van der Waals surface area contributed by atoms with Crippen molar-refractivity contribution in [1.29, 1.82) is 0 Å². The Morgan fingerprint density at radius 1 is 1.33 bits per heavy atom. The molecule has 0 aliphatic carbocycles. The van der Waals surface area contributed by atoms with Gasteiger partial charge in [0.1, 0.15) is 0 Å². The van der Waals surface area contributed by atoms with Gasteiger partial charge in [0.15, 0.2) is 0 Å². The van der Waals surface area contributed by atoms with Crippen molar-refractivity contribution in [2.75, 3.05) is 26.2 Å². The average Bonchev–Trinajstić information content (AvgIpc) is 2.17. The minimum atomic E-state index is 0.0606. The molecule has 1 aliphatic heterocycles.